The Hall–Kier alpha value is -2.35. The molecule has 0 aliphatic carbocycles. The quantitative estimate of drug-likeness (QED) is 0.850. The summed E-state index contributed by atoms with van der Waals surface area (Å²) in [6.07, 6.45) is 0.448. The van der Waals surface area contributed by atoms with E-state index in [1.165, 1.54) is 0 Å². The molecule has 2 aliphatic rings. The summed E-state index contributed by atoms with van der Waals surface area (Å²) in [4.78, 5) is 12.4. The molecule has 2 aromatic rings. The highest BCUT2D eigenvalue weighted by Crippen LogP contribution is 2.36. The van der Waals surface area contributed by atoms with Crippen molar-refractivity contribution in [1.82, 2.24) is 15.5 Å². The van der Waals surface area contributed by atoms with Crippen molar-refractivity contribution < 1.29 is 17.9 Å². The number of carbonyl (C=O) groups excluding carboxylic acids is 1. The van der Waals surface area contributed by atoms with Crippen molar-refractivity contribution in [2.75, 3.05) is 11.5 Å². The summed E-state index contributed by atoms with van der Waals surface area (Å²) in [7, 11) is -3.03. The predicted molar refractivity (Wildman–Crippen MR) is 82.9 cm³/mol. The number of hydrogen-bond donors (Lipinski definition) is 2. The third-order valence-electron chi connectivity index (χ3n) is 4.18. The summed E-state index contributed by atoms with van der Waals surface area (Å²) >= 11 is 0. The summed E-state index contributed by atoms with van der Waals surface area (Å²) in [6, 6.07) is 7.16. The number of aromatic nitrogens is 2. The van der Waals surface area contributed by atoms with Crippen LogP contribution in [0.15, 0.2) is 24.3 Å². The van der Waals surface area contributed by atoms with Crippen molar-refractivity contribution in [3.8, 4) is 17.0 Å². The first kappa shape index (κ1) is 14.3. The maximum absolute atomic E-state index is 12.4. The summed E-state index contributed by atoms with van der Waals surface area (Å²) in [6.45, 7) is 0.258. The molecule has 2 N–H and O–H groups in total. The minimum absolute atomic E-state index is 0.00555. The molecule has 3 heterocycles. The van der Waals surface area contributed by atoms with E-state index in [-0.39, 0.29) is 30.1 Å². The number of nitrogens with zero attached hydrogens (tertiary/aromatic N) is 1. The second-order valence-corrected chi connectivity index (χ2v) is 8.01. The lowest BCUT2D eigenvalue weighted by Crippen LogP contribution is -2.36. The fourth-order valence-corrected chi connectivity index (χ4v) is 4.69. The highest BCUT2D eigenvalue weighted by atomic mass is 32.2. The van der Waals surface area contributed by atoms with Crippen molar-refractivity contribution >= 4 is 15.7 Å². The number of ether oxygens (including phenoxy) is 1. The van der Waals surface area contributed by atoms with Crippen molar-refractivity contribution in [2.24, 2.45) is 0 Å². The Morgan fingerprint density at radius 1 is 1.35 bits per heavy atom. The Morgan fingerprint density at radius 2 is 2.17 bits per heavy atom. The van der Waals surface area contributed by atoms with E-state index in [0.29, 0.717) is 23.4 Å². The largest absolute Gasteiger partial charge is 0.488 e. The number of sulfone groups is 1. The van der Waals surface area contributed by atoms with Gasteiger partial charge in [0.1, 0.15) is 23.7 Å². The molecule has 1 fully saturated rings. The van der Waals surface area contributed by atoms with Crippen molar-refractivity contribution in [1.29, 1.82) is 0 Å². The van der Waals surface area contributed by atoms with Gasteiger partial charge in [-0.05, 0) is 18.6 Å². The molecule has 1 atom stereocenters. The summed E-state index contributed by atoms with van der Waals surface area (Å²) in [5, 5.41) is 9.76. The first-order valence-electron chi connectivity index (χ1n) is 7.34. The average molecular weight is 333 g/mol. The van der Waals surface area contributed by atoms with Crippen molar-refractivity contribution in [3.63, 3.8) is 0 Å². The minimum Gasteiger partial charge on any atom is -0.488 e. The van der Waals surface area contributed by atoms with E-state index in [2.05, 4.69) is 15.5 Å². The van der Waals surface area contributed by atoms with Crippen LogP contribution in [0.1, 0.15) is 22.5 Å². The molecule has 0 unspecified atom stereocenters. The molecule has 1 aromatic heterocycles. The number of hydrogen-bond acceptors (Lipinski definition) is 5. The maximum atomic E-state index is 12.4. The lowest BCUT2D eigenvalue weighted by Gasteiger charge is -2.17. The van der Waals surface area contributed by atoms with E-state index >= 15 is 0 Å². The molecule has 1 amide bonds. The monoisotopic (exact) mass is 333 g/mol. The van der Waals surface area contributed by atoms with Crippen LogP contribution in [-0.4, -0.2) is 42.1 Å². The summed E-state index contributed by atoms with van der Waals surface area (Å²) in [5.74, 6) is 0.508. The van der Waals surface area contributed by atoms with Gasteiger partial charge in [-0.2, -0.15) is 5.10 Å². The van der Waals surface area contributed by atoms with E-state index in [1.54, 1.807) is 0 Å². The topological polar surface area (TPSA) is 101 Å². The number of nitrogens with one attached hydrogen (secondary N) is 2. The second kappa shape index (κ2) is 5.09. The first-order valence-corrected chi connectivity index (χ1v) is 9.16. The van der Waals surface area contributed by atoms with E-state index in [9.17, 15) is 13.2 Å². The zero-order valence-corrected chi connectivity index (χ0v) is 13.0. The molecule has 120 valence electrons. The van der Waals surface area contributed by atoms with Gasteiger partial charge in [0.2, 0.25) is 0 Å². The Bertz CT molecular complexity index is 888. The Kier molecular flexibility index (Phi) is 3.15. The van der Waals surface area contributed by atoms with Crippen LogP contribution in [-0.2, 0) is 16.4 Å². The number of para-hydroxylation sites is 1. The fourth-order valence-electron chi connectivity index (χ4n) is 3.02. The van der Waals surface area contributed by atoms with Gasteiger partial charge in [0.25, 0.3) is 5.91 Å². The van der Waals surface area contributed by atoms with Crippen LogP contribution >= 0.6 is 0 Å². The number of carbonyl (C=O) groups is 1. The van der Waals surface area contributed by atoms with Crippen molar-refractivity contribution in [3.05, 3.63) is 35.5 Å². The molecule has 8 heteroatoms. The second-order valence-electron chi connectivity index (χ2n) is 5.78. The summed E-state index contributed by atoms with van der Waals surface area (Å²) in [5.41, 5.74) is 2.57. The molecule has 0 bridgehead atoms. The van der Waals surface area contributed by atoms with Crippen molar-refractivity contribution in [2.45, 2.75) is 19.1 Å². The van der Waals surface area contributed by atoms with Crippen LogP contribution in [0, 0.1) is 0 Å². The zero-order chi connectivity index (χ0) is 16.0. The van der Waals surface area contributed by atoms with Gasteiger partial charge in [-0.25, -0.2) is 8.42 Å². The van der Waals surface area contributed by atoms with Gasteiger partial charge < -0.3 is 10.1 Å². The third-order valence-corrected chi connectivity index (χ3v) is 5.94. The van der Waals surface area contributed by atoms with Gasteiger partial charge in [-0.1, -0.05) is 12.1 Å². The Balaban J connectivity index is 1.60. The molecule has 1 aromatic carbocycles. The van der Waals surface area contributed by atoms with Crippen LogP contribution in [0.3, 0.4) is 0 Å². The van der Waals surface area contributed by atoms with Gasteiger partial charge in [0.05, 0.1) is 11.5 Å². The highest BCUT2D eigenvalue weighted by Gasteiger charge is 2.31. The molecule has 23 heavy (non-hydrogen) atoms. The van der Waals surface area contributed by atoms with Gasteiger partial charge in [-0.15, -0.1) is 0 Å². The lowest BCUT2D eigenvalue weighted by atomic mass is 10.0. The lowest BCUT2D eigenvalue weighted by molar-refractivity contribution is 0.0933. The normalized spacial score (nSPS) is 21.1. The van der Waals surface area contributed by atoms with Crippen LogP contribution in [0.2, 0.25) is 0 Å². The first-order chi connectivity index (χ1) is 11.0. The highest BCUT2D eigenvalue weighted by molar-refractivity contribution is 7.91. The third kappa shape index (κ3) is 2.48. The number of benzene rings is 1. The number of amides is 1. The molecule has 4 rings (SSSR count). The number of rotatable bonds is 2. The molecule has 0 saturated carbocycles. The number of fused-ring (bicyclic) bond motifs is 3. The minimum atomic E-state index is -3.03. The molecular weight excluding hydrogens is 318 g/mol. The van der Waals surface area contributed by atoms with Gasteiger partial charge in [0.15, 0.2) is 9.84 Å². The molecule has 0 spiro atoms. The van der Waals surface area contributed by atoms with E-state index in [0.717, 1.165) is 11.3 Å². The molecule has 1 saturated heterocycles. The SMILES string of the molecule is O=C(N[C@@H]1CCS(=O)(=O)C1)c1[nH]nc2c1COc1ccccc1-2. The van der Waals surface area contributed by atoms with E-state index < -0.39 is 9.84 Å². The molecule has 2 aliphatic heterocycles. The number of H-pyrrole nitrogens is 1. The zero-order valence-electron chi connectivity index (χ0n) is 12.2. The van der Waals surface area contributed by atoms with Crippen LogP contribution in [0.4, 0.5) is 0 Å². The van der Waals surface area contributed by atoms with Crippen LogP contribution in [0.5, 0.6) is 5.75 Å². The average Bonchev–Trinajstić information content (AvgIpc) is 3.10. The molecule has 0 radical (unpaired) electrons. The van der Waals surface area contributed by atoms with Gasteiger partial charge in [0, 0.05) is 17.2 Å². The Morgan fingerprint density at radius 3 is 2.96 bits per heavy atom. The fraction of sp³-hybridized carbons (Fsp3) is 0.333. The van der Waals surface area contributed by atoms with E-state index in [1.807, 2.05) is 24.3 Å². The predicted octanol–water partition coefficient (Wildman–Crippen LogP) is 0.886. The molecular formula is C15H15N3O4S. The van der Waals surface area contributed by atoms with E-state index in [4.69, 9.17) is 4.74 Å². The van der Waals surface area contributed by atoms with Gasteiger partial charge in [-0.3, -0.25) is 9.89 Å². The van der Waals surface area contributed by atoms with Crippen LogP contribution < -0.4 is 10.1 Å². The summed E-state index contributed by atoms with van der Waals surface area (Å²) < 4.78 is 28.6. The standard InChI is InChI=1S/C15H15N3O4S/c19-15(16-9-5-6-23(20,21)8-9)14-11-7-22-12-4-2-1-3-10(12)13(11)17-18-14/h1-4,9H,5-8H2,(H,16,19)(H,17,18)/t9-/m1/s1. The maximum Gasteiger partial charge on any atom is 0.269 e. The van der Waals surface area contributed by atoms with Crippen LogP contribution in [0.25, 0.3) is 11.3 Å². The smallest absolute Gasteiger partial charge is 0.269 e. The van der Waals surface area contributed by atoms with Gasteiger partial charge >= 0.3 is 0 Å². The Labute approximate surface area is 133 Å². The molecule has 7 nitrogen and oxygen atoms in total. The number of aromatic amines is 1.